The summed E-state index contributed by atoms with van der Waals surface area (Å²) in [5.41, 5.74) is 4.15. The second-order valence-corrected chi connectivity index (χ2v) is 6.35. The summed E-state index contributed by atoms with van der Waals surface area (Å²) in [5.74, 6) is -0.665. The van der Waals surface area contributed by atoms with Crippen LogP contribution in [0.4, 0.5) is 5.69 Å². The lowest BCUT2D eigenvalue weighted by molar-refractivity contribution is 0.0945. The molecule has 0 bridgehead atoms. The summed E-state index contributed by atoms with van der Waals surface area (Å²) in [6.07, 6.45) is 0. The summed E-state index contributed by atoms with van der Waals surface area (Å²) in [5, 5.41) is 5.67. The first kappa shape index (κ1) is 18.3. The number of pyridine rings is 1. The van der Waals surface area contributed by atoms with Gasteiger partial charge in [0.2, 0.25) is 0 Å². The molecule has 0 fully saturated rings. The first-order chi connectivity index (χ1) is 13.0. The Labute approximate surface area is 158 Å². The Hall–Kier alpha value is -3.47. The van der Waals surface area contributed by atoms with Crippen LogP contribution in [0.15, 0.2) is 66.7 Å². The van der Waals surface area contributed by atoms with Crippen molar-refractivity contribution in [1.29, 1.82) is 0 Å². The Kier molecular flexibility index (Phi) is 5.61. The van der Waals surface area contributed by atoms with Crippen molar-refractivity contribution in [3.05, 3.63) is 94.8 Å². The number of amides is 2. The Morgan fingerprint density at radius 3 is 2.30 bits per heavy atom. The molecule has 0 saturated heterocycles. The molecule has 1 aromatic heterocycles. The predicted octanol–water partition coefficient (Wildman–Crippen LogP) is 3.88. The van der Waals surface area contributed by atoms with Crippen LogP contribution in [0.5, 0.6) is 0 Å². The van der Waals surface area contributed by atoms with Crippen molar-refractivity contribution in [2.45, 2.75) is 20.4 Å². The molecule has 1 heterocycles. The number of nitrogens with zero attached hydrogens (tertiary/aromatic N) is 1. The molecule has 136 valence electrons. The van der Waals surface area contributed by atoms with Gasteiger partial charge >= 0.3 is 0 Å². The molecule has 0 aliphatic rings. The predicted molar refractivity (Wildman–Crippen MR) is 106 cm³/mol. The molecule has 3 rings (SSSR count). The van der Waals surface area contributed by atoms with Gasteiger partial charge in [0.25, 0.3) is 11.8 Å². The van der Waals surface area contributed by atoms with Crippen LogP contribution in [0.25, 0.3) is 0 Å². The van der Waals surface area contributed by atoms with E-state index in [1.54, 1.807) is 18.2 Å². The topological polar surface area (TPSA) is 71.1 Å². The number of carbonyl (C=O) groups excluding carboxylic acids is 2. The summed E-state index contributed by atoms with van der Waals surface area (Å²) >= 11 is 0. The normalized spacial score (nSPS) is 10.3. The van der Waals surface area contributed by atoms with Crippen LogP contribution >= 0.6 is 0 Å². The van der Waals surface area contributed by atoms with Gasteiger partial charge in [0.05, 0.1) is 0 Å². The largest absolute Gasteiger partial charge is 0.347 e. The minimum atomic E-state index is -0.346. The van der Waals surface area contributed by atoms with Crippen molar-refractivity contribution < 1.29 is 9.59 Å². The number of anilines is 1. The molecular formula is C22H21N3O2. The van der Waals surface area contributed by atoms with E-state index < -0.39 is 0 Å². The highest BCUT2D eigenvalue weighted by molar-refractivity contribution is 6.04. The molecule has 0 spiro atoms. The number of hydrogen-bond donors (Lipinski definition) is 2. The number of nitrogens with one attached hydrogen (secondary N) is 2. The van der Waals surface area contributed by atoms with Crippen LogP contribution in [0.1, 0.15) is 37.7 Å². The minimum absolute atomic E-state index is 0.197. The van der Waals surface area contributed by atoms with Gasteiger partial charge < -0.3 is 10.6 Å². The fourth-order valence-corrected chi connectivity index (χ4v) is 2.61. The lowest BCUT2D eigenvalue weighted by atomic mass is 10.1. The molecule has 0 aliphatic carbocycles. The van der Waals surface area contributed by atoms with Crippen LogP contribution in [0.3, 0.4) is 0 Å². The number of benzene rings is 2. The van der Waals surface area contributed by atoms with E-state index in [-0.39, 0.29) is 23.2 Å². The molecule has 0 radical (unpaired) electrons. The Balaban J connectivity index is 1.69. The summed E-state index contributed by atoms with van der Waals surface area (Å²) < 4.78 is 0. The maximum absolute atomic E-state index is 12.5. The summed E-state index contributed by atoms with van der Waals surface area (Å²) in [6.45, 7) is 4.29. The highest BCUT2D eigenvalue weighted by Gasteiger charge is 2.13. The summed E-state index contributed by atoms with van der Waals surface area (Å²) in [7, 11) is 0. The SMILES string of the molecule is Cc1ccc(C)c(NC(=O)c2cccc(C(=O)NCc3ccccc3)n2)c1. The maximum Gasteiger partial charge on any atom is 0.274 e. The fraction of sp³-hybridized carbons (Fsp3) is 0.136. The molecule has 0 unspecified atom stereocenters. The van der Waals surface area contributed by atoms with Crippen LogP contribution in [0, 0.1) is 13.8 Å². The first-order valence-electron chi connectivity index (χ1n) is 8.71. The van der Waals surface area contributed by atoms with Crippen LogP contribution in [-0.2, 0) is 6.54 Å². The summed E-state index contributed by atoms with van der Waals surface area (Å²) in [4.78, 5) is 29.1. The maximum atomic E-state index is 12.5. The number of rotatable bonds is 5. The van der Waals surface area contributed by atoms with Gasteiger partial charge in [-0.1, -0.05) is 48.5 Å². The number of hydrogen-bond acceptors (Lipinski definition) is 3. The first-order valence-corrected chi connectivity index (χ1v) is 8.71. The van der Waals surface area contributed by atoms with Crippen molar-refractivity contribution in [2.75, 3.05) is 5.32 Å². The molecule has 5 heteroatoms. The lowest BCUT2D eigenvalue weighted by Crippen LogP contribution is -2.25. The van der Waals surface area contributed by atoms with Gasteiger partial charge in [0.15, 0.2) is 0 Å². The molecule has 2 aromatic carbocycles. The summed E-state index contributed by atoms with van der Waals surface area (Å²) in [6, 6.07) is 20.3. The standard InChI is InChI=1S/C22H21N3O2/c1-15-11-12-16(2)20(13-15)25-22(27)19-10-6-9-18(24-19)21(26)23-14-17-7-4-3-5-8-17/h3-13H,14H2,1-2H3,(H,23,26)(H,25,27). The van der Waals surface area contributed by atoms with Crippen molar-refractivity contribution in [3.63, 3.8) is 0 Å². The van der Waals surface area contributed by atoms with Crippen LogP contribution < -0.4 is 10.6 Å². The van der Waals surface area contributed by atoms with Gasteiger partial charge in [-0.05, 0) is 48.7 Å². The zero-order valence-corrected chi connectivity index (χ0v) is 15.3. The van der Waals surface area contributed by atoms with E-state index in [4.69, 9.17) is 0 Å². The van der Waals surface area contributed by atoms with Gasteiger partial charge in [0, 0.05) is 12.2 Å². The molecular weight excluding hydrogens is 338 g/mol. The quantitative estimate of drug-likeness (QED) is 0.726. The van der Waals surface area contributed by atoms with Crippen LogP contribution in [-0.4, -0.2) is 16.8 Å². The smallest absolute Gasteiger partial charge is 0.274 e. The molecule has 27 heavy (non-hydrogen) atoms. The highest BCUT2D eigenvalue weighted by Crippen LogP contribution is 2.17. The average Bonchev–Trinajstić information content (AvgIpc) is 2.69. The van der Waals surface area contributed by atoms with E-state index in [1.165, 1.54) is 0 Å². The third-order valence-electron chi connectivity index (χ3n) is 4.15. The molecule has 0 atom stereocenters. The van der Waals surface area contributed by atoms with Gasteiger partial charge in [0.1, 0.15) is 11.4 Å². The highest BCUT2D eigenvalue weighted by atomic mass is 16.2. The number of carbonyl (C=O) groups is 2. The fourth-order valence-electron chi connectivity index (χ4n) is 2.61. The molecule has 2 amide bonds. The van der Waals surface area contributed by atoms with Gasteiger partial charge in [-0.3, -0.25) is 9.59 Å². The minimum Gasteiger partial charge on any atom is -0.347 e. The van der Waals surface area contributed by atoms with Crippen molar-refractivity contribution >= 4 is 17.5 Å². The lowest BCUT2D eigenvalue weighted by Gasteiger charge is -2.10. The van der Waals surface area contributed by atoms with Crippen molar-refractivity contribution in [1.82, 2.24) is 10.3 Å². The van der Waals surface area contributed by atoms with E-state index in [1.807, 2.05) is 62.4 Å². The zero-order chi connectivity index (χ0) is 19.2. The van der Waals surface area contributed by atoms with E-state index >= 15 is 0 Å². The average molecular weight is 359 g/mol. The second kappa shape index (κ2) is 8.27. The molecule has 0 saturated carbocycles. The molecule has 2 N–H and O–H groups in total. The molecule has 3 aromatic rings. The third-order valence-corrected chi connectivity index (χ3v) is 4.15. The van der Waals surface area contributed by atoms with Crippen LogP contribution in [0.2, 0.25) is 0 Å². The Bertz CT molecular complexity index is 968. The van der Waals surface area contributed by atoms with Crippen molar-refractivity contribution in [3.8, 4) is 0 Å². The third kappa shape index (κ3) is 4.79. The van der Waals surface area contributed by atoms with E-state index in [9.17, 15) is 9.59 Å². The van der Waals surface area contributed by atoms with E-state index in [0.29, 0.717) is 6.54 Å². The zero-order valence-electron chi connectivity index (χ0n) is 15.3. The van der Waals surface area contributed by atoms with Gasteiger partial charge in [-0.15, -0.1) is 0 Å². The molecule has 5 nitrogen and oxygen atoms in total. The Morgan fingerprint density at radius 1 is 0.852 bits per heavy atom. The molecule has 0 aliphatic heterocycles. The van der Waals surface area contributed by atoms with Gasteiger partial charge in [-0.25, -0.2) is 4.98 Å². The monoisotopic (exact) mass is 359 g/mol. The number of aromatic nitrogens is 1. The van der Waals surface area contributed by atoms with Gasteiger partial charge in [-0.2, -0.15) is 0 Å². The Morgan fingerprint density at radius 2 is 1.56 bits per heavy atom. The van der Waals surface area contributed by atoms with E-state index in [0.717, 1.165) is 22.4 Å². The number of aryl methyl sites for hydroxylation is 2. The van der Waals surface area contributed by atoms with Crippen molar-refractivity contribution in [2.24, 2.45) is 0 Å². The second-order valence-electron chi connectivity index (χ2n) is 6.35. The van der Waals surface area contributed by atoms with E-state index in [2.05, 4.69) is 15.6 Å².